The van der Waals surface area contributed by atoms with Crippen molar-refractivity contribution in [1.82, 2.24) is 4.90 Å². The Labute approximate surface area is 121 Å². The van der Waals surface area contributed by atoms with E-state index in [1.165, 1.54) is 19.3 Å². The van der Waals surface area contributed by atoms with Crippen LogP contribution in [0.4, 0.5) is 0 Å². The van der Waals surface area contributed by atoms with Crippen LogP contribution in [0.5, 0.6) is 0 Å². The molecule has 1 aliphatic heterocycles. The second kappa shape index (κ2) is 5.82. The smallest absolute Gasteiger partial charge is 0.0477 e. The maximum Gasteiger partial charge on any atom is 0.0477 e. The van der Waals surface area contributed by atoms with Crippen LogP contribution in [0, 0.1) is 6.92 Å². The average Bonchev–Trinajstić information content (AvgIpc) is 2.42. The monoisotopic (exact) mass is 280 g/mol. The summed E-state index contributed by atoms with van der Waals surface area (Å²) in [4.78, 5) is 2.52. The molecule has 0 bridgehead atoms. The zero-order valence-electron chi connectivity index (χ0n) is 12.2. The third kappa shape index (κ3) is 3.13. The number of halogens is 1. The summed E-state index contributed by atoms with van der Waals surface area (Å²) in [6.45, 7) is 8.82. The zero-order chi connectivity index (χ0) is 14.0. The highest BCUT2D eigenvalue weighted by atomic mass is 35.5. The number of nitrogens with two attached hydrogens (primary N) is 1. The molecule has 1 aliphatic rings. The van der Waals surface area contributed by atoms with Gasteiger partial charge < -0.3 is 5.73 Å². The van der Waals surface area contributed by atoms with E-state index >= 15 is 0 Å². The fraction of sp³-hybridized carbons (Fsp3) is 0.625. The summed E-state index contributed by atoms with van der Waals surface area (Å²) in [5, 5.41) is 0.808. The van der Waals surface area contributed by atoms with Gasteiger partial charge in [-0.3, -0.25) is 4.90 Å². The van der Waals surface area contributed by atoms with Crippen molar-refractivity contribution in [3.8, 4) is 0 Å². The molecule has 1 heterocycles. The molecule has 1 aromatic rings. The molecule has 2 N–H and O–H groups in total. The van der Waals surface area contributed by atoms with Gasteiger partial charge in [-0.15, -0.1) is 0 Å². The van der Waals surface area contributed by atoms with Crippen molar-refractivity contribution in [1.29, 1.82) is 0 Å². The van der Waals surface area contributed by atoms with E-state index < -0.39 is 0 Å². The molecule has 2 rings (SSSR count). The summed E-state index contributed by atoms with van der Waals surface area (Å²) in [5.74, 6) is 0. The lowest BCUT2D eigenvalue weighted by molar-refractivity contribution is 0.0730. The van der Waals surface area contributed by atoms with Crippen molar-refractivity contribution < 1.29 is 0 Å². The zero-order valence-corrected chi connectivity index (χ0v) is 13.0. The minimum absolute atomic E-state index is 0.0105. The number of likely N-dealkylation sites (tertiary alicyclic amines) is 1. The molecule has 19 heavy (non-hydrogen) atoms. The summed E-state index contributed by atoms with van der Waals surface area (Å²) in [6, 6.07) is 6.18. The first-order valence-electron chi connectivity index (χ1n) is 7.19. The highest BCUT2D eigenvalue weighted by Crippen LogP contribution is 2.32. The molecule has 1 atom stereocenters. The molecule has 1 aromatic carbocycles. The summed E-state index contributed by atoms with van der Waals surface area (Å²) >= 11 is 6.22. The van der Waals surface area contributed by atoms with Gasteiger partial charge in [-0.2, -0.15) is 0 Å². The van der Waals surface area contributed by atoms with E-state index in [0.717, 1.165) is 29.2 Å². The highest BCUT2D eigenvalue weighted by molar-refractivity contribution is 6.31. The van der Waals surface area contributed by atoms with E-state index in [4.69, 9.17) is 17.3 Å². The van der Waals surface area contributed by atoms with E-state index in [2.05, 4.69) is 30.9 Å². The number of piperidine rings is 1. The summed E-state index contributed by atoms with van der Waals surface area (Å²) in [7, 11) is 0. The average molecular weight is 281 g/mol. The van der Waals surface area contributed by atoms with Crippen molar-refractivity contribution in [2.45, 2.75) is 51.6 Å². The number of rotatable bonds is 3. The van der Waals surface area contributed by atoms with Gasteiger partial charge >= 0.3 is 0 Å². The molecule has 0 amide bonds. The Bertz CT molecular complexity index is 436. The van der Waals surface area contributed by atoms with Crippen molar-refractivity contribution in [3.63, 3.8) is 0 Å². The van der Waals surface area contributed by atoms with Gasteiger partial charge in [-0.05, 0) is 63.9 Å². The van der Waals surface area contributed by atoms with Gasteiger partial charge in [0.15, 0.2) is 0 Å². The van der Waals surface area contributed by atoms with E-state index in [0.29, 0.717) is 0 Å². The van der Waals surface area contributed by atoms with Crippen LogP contribution in [0.15, 0.2) is 18.2 Å². The number of nitrogens with zero attached hydrogens (tertiary/aromatic N) is 1. The third-order valence-electron chi connectivity index (χ3n) is 4.49. The second-order valence-corrected chi connectivity index (χ2v) is 6.59. The van der Waals surface area contributed by atoms with Crippen LogP contribution in [-0.2, 0) is 0 Å². The van der Waals surface area contributed by atoms with Crippen molar-refractivity contribution >= 4 is 11.6 Å². The molecule has 1 unspecified atom stereocenters. The lowest BCUT2D eigenvalue weighted by atomic mass is 9.86. The molecule has 106 valence electrons. The standard InChI is InChI=1S/C16H25ClN2/c1-12-7-8-13(11-14(12)17)15(18)16(2,3)19-9-5-4-6-10-19/h7-8,11,15H,4-6,9-10,18H2,1-3H3. The molecule has 0 spiro atoms. The summed E-state index contributed by atoms with van der Waals surface area (Å²) < 4.78 is 0. The topological polar surface area (TPSA) is 29.3 Å². The summed E-state index contributed by atoms with van der Waals surface area (Å²) in [5.41, 5.74) is 8.73. The molecular weight excluding hydrogens is 256 g/mol. The van der Waals surface area contributed by atoms with Crippen LogP contribution >= 0.6 is 11.6 Å². The molecule has 1 saturated heterocycles. The first-order chi connectivity index (χ1) is 8.93. The van der Waals surface area contributed by atoms with Crippen LogP contribution in [0.2, 0.25) is 5.02 Å². The Kier molecular flexibility index (Phi) is 4.54. The second-order valence-electron chi connectivity index (χ2n) is 6.19. The predicted octanol–water partition coefficient (Wildman–Crippen LogP) is 3.91. The first kappa shape index (κ1) is 14.8. The number of benzene rings is 1. The summed E-state index contributed by atoms with van der Waals surface area (Å²) in [6.07, 6.45) is 3.91. The van der Waals surface area contributed by atoms with Gasteiger partial charge in [0, 0.05) is 16.6 Å². The van der Waals surface area contributed by atoms with E-state index in [1.54, 1.807) is 0 Å². The maximum atomic E-state index is 6.52. The molecule has 0 radical (unpaired) electrons. The largest absolute Gasteiger partial charge is 0.322 e. The minimum Gasteiger partial charge on any atom is -0.322 e. The lowest BCUT2D eigenvalue weighted by Crippen LogP contribution is -2.53. The Balaban J connectivity index is 2.20. The fourth-order valence-electron chi connectivity index (χ4n) is 2.88. The van der Waals surface area contributed by atoms with Gasteiger partial charge in [-0.1, -0.05) is 30.2 Å². The fourth-order valence-corrected chi connectivity index (χ4v) is 3.07. The molecule has 1 fully saturated rings. The molecule has 0 aromatic heterocycles. The van der Waals surface area contributed by atoms with Crippen LogP contribution in [0.25, 0.3) is 0 Å². The Morgan fingerprint density at radius 1 is 1.21 bits per heavy atom. The van der Waals surface area contributed by atoms with Gasteiger partial charge in [0.25, 0.3) is 0 Å². The number of hydrogen-bond donors (Lipinski definition) is 1. The minimum atomic E-state index is -0.0288. The molecule has 0 saturated carbocycles. The first-order valence-corrected chi connectivity index (χ1v) is 7.57. The van der Waals surface area contributed by atoms with Crippen molar-refractivity contribution in [2.75, 3.05) is 13.1 Å². The van der Waals surface area contributed by atoms with Crippen molar-refractivity contribution in [3.05, 3.63) is 34.3 Å². The SMILES string of the molecule is Cc1ccc(C(N)C(C)(C)N2CCCCC2)cc1Cl. The molecule has 2 nitrogen and oxygen atoms in total. The Morgan fingerprint density at radius 3 is 2.42 bits per heavy atom. The third-order valence-corrected chi connectivity index (χ3v) is 4.89. The Hall–Kier alpha value is -0.570. The quantitative estimate of drug-likeness (QED) is 0.909. The maximum absolute atomic E-state index is 6.52. The number of hydrogen-bond acceptors (Lipinski definition) is 2. The van der Waals surface area contributed by atoms with E-state index in [-0.39, 0.29) is 11.6 Å². The van der Waals surface area contributed by atoms with Gasteiger partial charge in [0.05, 0.1) is 0 Å². The van der Waals surface area contributed by atoms with E-state index in [9.17, 15) is 0 Å². The predicted molar refractivity (Wildman–Crippen MR) is 82.6 cm³/mol. The van der Waals surface area contributed by atoms with Crippen LogP contribution in [0.1, 0.15) is 50.3 Å². The van der Waals surface area contributed by atoms with Crippen LogP contribution in [-0.4, -0.2) is 23.5 Å². The molecule has 0 aliphatic carbocycles. The van der Waals surface area contributed by atoms with Crippen LogP contribution in [0.3, 0.4) is 0 Å². The molecule has 3 heteroatoms. The highest BCUT2D eigenvalue weighted by Gasteiger charge is 2.34. The van der Waals surface area contributed by atoms with Gasteiger partial charge in [0.1, 0.15) is 0 Å². The Morgan fingerprint density at radius 2 is 1.84 bits per heavy atom. The van der Waals surface area contributed by atoms with Crippen molar-refractivity contribution in [2.24, 2.45) is 5.73 Å². The lowest BCUT2D eigenvalue weighted by Gasteiger charge is -2.44. The van der Waals surface area contributed by atoms with Crippen LogP contribution < -0.4 is 5.73 Å². The van der Waals surface area contributed by atoms with E-state index in [1.807, 2.05) is 13.0 Å². The normalized spacial score (nSPS) is 19.4. The molecular formula is C16H25ClN2. The van der Waals surface area contributed by atoms with Gasteiger partial charge in [0.2, 0.25) is 0 Å². The van der Waals surface area contributed by atoms with Gasteiger partial charge in [-0.25, -0.2) is 0 Å². The number of aryl methyl sites for hydroxylation is 1.